The van der Waals surface area contributed by atoms with E-state index in [1.54, 1.807) is 0 Å². The summed E-state index contributed by atoms with van der Waals surface area (Å²) in [6.07, 6.45) is 3.22. The Hall–Kier alpha value is -1.54. The molecule has 0 saturated heterocycles. The minimum atomic E-state index is -0.995. The fraction of sp³-hybridized carbons (Fsp3) is 0.412. The molecule has 1 aliphatic heterocycles. The molecule has 1 aliphatic carbocycles. The number of benzene rings is 2. The van der Waals surface area contributed by atoms with Crippen molar-refractivity contribution in [2.75, 3.05) is 0 Å². The minimum Gasteiger partial charge on any atom is -0.461 e. The summed E-state index contributed by atoms with van der Waals surface area (Å²) in [6, 6.07) is 12.5. The summed E-state index contributed by atoms with van der Waals surface area (Å²) in [5.74, 6) is 0.194. The second-order valence-electron chi connectivity index (χ2n) is 5.94. The van der Waals surface area contributed by atoms with E-state index in [1.165, 1.54) is 22.8 Å². The lowest BCUT2D eigenvalue weighted by molar-refractivity contribution is -0.190. The third kappa shape index (κ3) is 1.41. The van der Waals surface area contributed by atoms with Gasteiger partial charge in [-0.2, -0.15) is 0 Å². The molecule has 0 spiro atoms. The van der Waals surface area contributed by atoms with Crippen molar-refractivity contribution in [1.29, 1.82) is 0 Å². The van der Waals surface area contributed by atoms with Crippen molar-refractivity contribution in [3.05, 3.63) is 42.0 Å². The van der Waals surface area contributed by atoms with Gasteiger partial charge in [-0.25, -0.2) is 0 Å². The molecule has 0 bridgehead atoms. The van der Waals surface area contributed by atoms with Gasteiger partial charge in [0, 0.05) is 11.5 Å². The molecule has 0 radical (unpaired) electrons. The van der Waals surface area contributed by atoms with Crippen LogP contribution in [0.3, 0.4) is 0 Å². The van der Waals surface area contributed by atoms with Crippen molar-refractivity contribution in [2.45, 2.75) is 37.9 Å². The van der Waals surface area contributed by atoms with Gasteiger partial charge in [-0.3, -0.25) is 0 Å². The molecule has 0 amide bonds. The predicted octanol–water partition coefficient (Wildman–Crippen LogP) is 3.82. The molecule has 1 heterocycles. The molecule has 19 heavy (non-hydrogen) atoms. The molecule has 1 saturated carbocycles. The van der Waals surface area contributed by atoms with Crippen molar-refractivity contribution < 1.29 is 9.84 Å². The van der Waals surface area contributed by atoms with Crippen molar-refractivity contribution in [2.24, 2.45) is 5.92 Å². The number of hydrogen-bond donors (Lipinski definition) is 1. The molecule has 3 atom stereocenters. The smallest absolute Gasteiger partial charge is 0.217 e. The molecule has 1 N–H and O–H groups in total. The number of hydrogen-bond acceptors (Lipinski definition) is 2. The zero-order chi connectivity index (χ0) is 13.0. The van der Waals surface area contributed by atoms with Gasteiger partial charge >= 0.3 is 0 Å². The Bertz CT molecular complexity index is 649. The van der Waals surface area contributed by atoms with Gasteiger partial charge in [0.1, 0.15) is 5.75 Å². The molecule has 0 aromatic heterocycles. The van der Waals surface area contributed by atoms with Crippen LogP contribution in [0.15, 0.2) is 36.4 Å². The summed E-state index contributed by atoms with van der Waals surface area (Å²) in [5.41, 5.74) is 1.21. The van der Waals surface area contributed by atoms with Crippen LogP contribution in [-0.2, 0) is 0 Å². The molecule has 2 aromatic rings. The molecular formula is C17H18O2. The van der Waals surface area contributed by atoms with E-state index in [4.69, 9.17) is 4.74 Å². The number of fused-ring (bicyclic) bond motifs is 5. The Morgan fingerprint density at radius 1 is 1.16 bits per heavy atom. The van der Waals surface area contributed by atoms with E-state index in [0.717, 1.165) is 18.6 Å². The Balaban J connectivity index is 1.97. The van der Waals surface area contributed by atoms with Crippen LogP contribution in [-0.4, -0.2) is 10.9 Å². The first kappa shape index (κ1) is 11.3. The monoisotopic (exact) mass is 254 g/mol. The lowest BCUT2D eigenvalue weighted by Gasteiger charge is -2.38. The Labute approximate surface area is 113 Å². The topological polar surface area (TPSA) is 29.5 Å². The molecule has 2 aromatic carbocycles. The predicted molar refractivity (Wildman–Crippen MR) is 75.3 cm³/mol. The van der Waals surface area contributed by atoms with Crippen LogP contribution in [0.4, 0.5) is 0 Å². The molecular weight excluding hydrogens is 236 g/mol. The first-order valence-electron chi connectivity index (χ1n) is 7.13. The van der Waals surface area contributed by atoms with Gasteiger partial charge in [-0.1, -0.05) is 43.7 Å². The normalized spacial score (nSPS) is 32.7. The third-order valence-electron chi connectivity index (χ3n) is 4.89. The van der Waals surface area contributed by atoms with E-state index in [1.807, 2.05) is 6.07 Å². The van der Waals surface area contributed by atoms with Gasteiger partial charge in [-0.15, -0.1) is 0 Å². The second-order valence-corrected chi connectivity index (χ2v) is 5.94. The van der Waals surface area contributed by atoms with E-state index in [2.05, 4.69) is 37.3 Å². The molecule has 2 aliphatic rings. The van der Waals surface area contributed by atoms with Crippen molar-refractivity contribution >= 4 is 10.8 Å². The third-order valence-corrected chi connectivity index (χ3v) is 4.89. The first-order chi connectivity index (χ1) is 9.20. The van der Waals surface area contributed by atoms with Gasteiger partial charge < -0.3 is 9.84 Å². The van der Waals surface area contributed by atoms with E-state index in [9.17, 15) is 5.11 Å². The van der Waals surface area contributed by atoms with Crippen molar-refractivity contribution in [3.8, 4) is 5.75 Å². The highest BCUT2D eigenvalue weighted by molar-refractivity contribution is 5.89. The Kier molecular flexibility index (Phi) is 2.22. The zero-order valence-corrected chi connectivity index (χ0v) is 11.1. The summed E-state index contributed by atoms with van der Waals surface area (Å²) < 4.78 is 5.97. The number of rotatable bonds is 0. The molecule has 3 unspecified atom stereocenters. The molecule has 1 fully saturated rings. The second kappa shape index (κ2) is 3.73. The Morgan fingerprint density at radius 2 is 2.00 bits per heavy atom. The average molecular weight is 254 g/mol. The molecule has 2 nitrogen and oxygen atoms in total. The molecule has 98 valence electrons. The number of ether oxygens (including phenoxy) is 1. The van der Waals surface area contributed by atoms with Gasteiger partial charge in [-0.05, 0) is 29.7 Å². The summed E-state index contributed by atoms with van der Waals surface area (Å²) in [5, 5.41) is 13.4. The van der Waals surface area contributed by atoms with E-state index >= 15 is 0 Å². The fourth-order valence-electron chi connectivity index (χ4n) is 3.81. The Morgan fingerprint density at radius 3 is 2.89 bits per heavy atom. The fourth-order valence-corrected chi connectivity index (χ4v) is 3.81. The van der Waals surface area contributed by atoms with Gasteiger partial charge in [0.25, 0.3) is 0 Å². The average Bonchev–Trinajstić information content (AvgIpc) is 2.74. The van der Waals surface area contributed by atoms with Crippen LogP contribution in [0, 0.1) is 5.92 Å². The van der Waals surface area contributed by atoms with Crippen LogP contribution in [0.1, 0.15) is 37.7 Å². The zero-order valence-electron chi connectivity index (χ0n) is 11.1. The maximum atomic E-state index is 10.9. The van der Waals surface area contributed by atoms with Gasteiger partial charge in [0.2, 0.25) is 5.79 Å². The van der Waals surface area contributed by atoms with Gasteiger partial charge in [0.15, 0.2) is 0 Å². The van der Waals surface area contributed by atoms with Crippen LogP contribution in [0.2, 0.25) is 0 Å². The van der Waals surface area contributed by atoms with E-state index in [-0.39, 0.29) is 11.8 Å². The lowest BCUT2D eigenvalue weighted by Crippen LogP contribution is -2.46. The largest absolute Gasteiger partial charge is 0.461 e. The molecule has 2 heteroatoms. The quantitative estimate of drug-likeness (QED) is 0.774. The summed E-state index contributed by atoms with van der Waals surface area (Å²) in [4.78, 5) is 0. The highest BCUT2D eigenvalue weighted by atomic mass is 16.6. The van der Waals surface area contributed by atoms with E-state index in [0.29, 0.717) is 0 Å². The van der Waals surface area contributed by atoms with Crippen LogP contribution < -0.4 is 4.74 Å². The maximum Gasteiger partial charge on any atom is 0.217 e. The summed E-state index contributed by atoms with van der Waals surface area (Å²) >= 11 is 0. The standard InChI is InChI=1S/C17H18O2/c1-11-5-4-8-14-16-13-7-3-2-6-12(13)9-10-15(16)19-17(11,14)18/h2-3,6-7,9-11,14,18H,4-5,8H2,1H3. The highest BCUT2D eigenvalue weighted by Gasteiger charge is 2.53. The first-order valence-corrected chi connectivity index (χ1v) is 7.13. The molecule has 4 rings (SSSR count). The lowest BCUT2D eigenvalue weighted by atomic mass is 9.74. The van der Waals surface area contributed by atoms with Crippen LogP contribution >= 0.6 is 0 Å². The van der Waals surface area contributed by atoms with Crippen molar-refractivity contribution in [1.82, 2.24) is 0 Å². The van der Waals surface area contributed by atoms with Crippen LogP contribution in [0.25, 0.3) is 10.8 Å². The van der Waals surface area contributed by atoms with Crippen LogP contribution in [0.5, 0.6) is 5.75 Å². The highest BCUT2D eigenvalue weighted by Crippen LogP contribution is 2.54. The van der Waals surface area contributed by atoms with Crippen molar-refractivity contribution in [3.63, 3.8) is 0 Å². The number of aliphatic hydroxyl groups is 1. The summed E-state index contributed by atoms with van der Waals surface area (Å²) in [7, 11) is 0. The SMILES string of the molecule is CC1CCCC2c3c(ccc4ccccc34)OC12O. The summed E-state index contributed by atoms with van der Waals surface area (Å²) in [6.45, 7) is 2.10. The maximum absolute atomic E-state index is 10.9. The van der Waals surface area contributed by atoms with E-state index < -0.39 is 5.79 Å². The minimum absolute atomic E-state index is 0.123. The van der Waals surface area contributed by atoms with Gasteiger partial charge in [0.05, 0.1) is 5.92 Å².